The fourth-order valence-electron chi connectivity index (χ4n) is 2.95. The van der Waals surface area contributed by atoms with Crippen LogP contribution in [0.25, 0.3) is 0 Å². The summed E-state index contributed by atoms with van der Waals surface area (Å²) in [4.78, 5) is 16.1. The van der Waals surface area contributed by atoms with Crippen LogP contribution in [-0.2, 0) is 4.79 Å². The number of pyridine rings is 1. The summed E-state index contributed by atoms with van der Waals surface area (Å²) in [5, 5.41) is 2.93. The van der Waals surface area contributed by atoms with Crippen molar-refractivity contribution in [2.24, 2.45) is 11.7 Å². The van der Waals surface area contributed by atoms with Gasteiger partial charge in [-0.05, 0) is 43.0 Å². The Bertz CT molecular complexity index is 660. The minimum Gasteiger partial charge on any atom is -0.457 e. The quantitative estimate of drug-likeness (QED) is 0.888. The topological polar surface area (TPSA) is 77.2 Å². The predicted octanol–water partition coefficient (Wildman–Crippen LogP) is 3.33. The number of carbonyl (C=O) groups excluding carboxylic acids is 1. The third-order valence-electron chi connectivity index (χ3n) is 4.17. The number of amides is 1. The number of anilines is 1. The lowest BCUT2D eigenvalue weighted by atomic mass is 10.00. The molecule has 5 nitrogen and oxygen atoms in total. The Morgan fingerprint density at radius 3 is 2.78 bits per heavy atom. The summed E-state index contributed by atoms with van der Waals surface area (Å²) >= 11 is 0. The third-order valence-corrected chi connectivity index (χ3v) is 4.17. The first-order chi connectivity index (χ1) is 11.2. The van der Waals surface area contributed by atoms with Gasteiger partial charge >= 0.3 is 0 Å². The highest BCUT2D eigenvalue weighted by molar-refractivity contribution is 5.91. The molecule has 0 saturated heterocycles. The fourth-order valence-corrected chi connectivity index (χ4v) is 2.95. The Labute approximate surface area is 135 Å². The summed E-state index contributed by atoms with van der Waals surface area (Å²) in [5.41, 5.74) is 6.76. The van der Waals surface area contributed by atoms with Gasteiger partial charge in [0.25, 0.3) is 0 Å². The highest BCUT2D eigenvalue weighted by Crippen LogP contribution is 2.28. The van der Waals surface area contributed by atoms with E-state index in [0.717, 1.165) is 24.9 Å². The molecule has 1 aromatic heterocycles. The highest BCUT2D eigenvalue weighted by atomic mass is 16.5. The number of aromatic nitrogens is 1. The fraction of sp³-hybridized carbons (Fsp3) is 0.333. The van der Waals surface area contributed by atoms with Crippen LogP contribution < -0.4 is 15.8 Å². The molecule has 5 heteroatoms. The number of nitrogens with one attached hydrogen (secondary N) is 1. The number of carbonyl (C=O) groups is 1. The maximum absolute atomic E-state index is 12.2. The third kappa shape index (κ3) is 4.29. The molecular weight excluding hydrogens is 290 g/mol. The molecule has 1 amide bonds. The van der Waals surface area contributed by atoms with Crippen LogP contribution in [0.5, 0.6) is 11.5 Å². The summed E-state index contributed by atoms with van der Waals surface area (Å²) < 4.78 is 5.74. The first kappa shape index (κ1) is 15.5. The molecule has 3 rings (SSSR count). The summed E-state index contributed by atoms with van der Waals surface area (Å²) in [5.74, 6) is 1.69. The largest absolute Gasteiger partial charge is 0.457 e. The van der Waals surface area contributed by atoms with Gasteiger partial charge in [-0.15, -0.1) is 0 Å². The van der Waals surface area contributed by atoms with Crippen molar-refractivity contribution >= 4 is 11.6 Å². The Morgan fingerprint density at radius 1 is 1.22 bits per heavy atom. The van der Waals surface area contributed by atoms with Gasteiger partial charge in [0.15, 0.2) is 0 Å². The molecule has 120 valence electrons. The number of rotatable bonds is 5. The van der Waals surface area contributed by atoms with Crippen molar-refractivity contribution in [1.82, 2.24) is 4.98 Å². The maximum atomic E-state index is 12.2. The van der Waals surface area contributed by atoms with Gasteiger partial charge < -0.3 is 15.8 Å². The number of hydrogen-bond donors (Lipinski definition) is 2. The molecule has 1 fully saturated rings. The van der Waals surface area contributed by atoms with Crippen molar-refractivity contribution < 1.29 is 9.53 Å². The maximum Gasteiger partial charge on any atom is 0.224 e. The Hall–Kier alpha value is -2.40. The number of nitrogens with zero attached hydrogens (tertiary/aromatic N) is 1. The minimum absolute atomic E-state index is 0.00779. The SMILES string of the molecule is N[C@@H]1CCC[C@H]1CC(=O)Nc1cccc(Oc2ccncc2)c1. The van der Waals surface area contributed by atoms with Gasteiger partial charge in [-0.1, -0.05) is 12.5 Å². The van der Waals surface area contributed by atoms with E-state index in [1.54, 1.807) is 24.5 Å². The van der Waals surface area contributed by atoms with Crippen LogP contribution in [0.1, 0.15) is 25.7 Å². The van der Waals surface area contributed by atoms with E-state index in [0.29, 0.717) is 23.8 Å². The number of nitrogens with two attached hydrogens (primary N) is 1. The van der Waals surface area contributed by atoms with Gasteiger partial charge in [0.2, 0.25) is 5.91 Å². The lowest BCUT2D eigenvalue weighted by molar-refractivity contribution is -0.117. The Morgan fingerprint density at radius 2 is 2.04 bits per heavy atom. The molecule has 0 bridgehead atoms. The zero-order valence-corrected chi connectivity index (χ0v) is 12.9. The highest BCUT2D eigenvalue weighted by Gasteiger charge is 2.26. The zero-order chi connectivity index (χ0) is 16.1. The number of benzene rings is 1. The first-order valence-corrected chi connectivity index (χ1v) is 7.94. The zero-order valence-electron chi connectivity index (χ0n) is 12.9. The first-order valence-electron chi connectivity index (χ1n) is 7.94. The normalized spacial score (nSPS) is 20.2. The summed E-state index contributed by atoms with van der Waals surface area (Å²) in [7, 11) is 0. The molecule has 1 aliphatic carbocycles. The molecule has 1 aromatic carbocycles. The second kappa shape index (κ2) is 7.24. The van der Waals surface area contributed by atoms with Crippen molar-refractivity contribution in [2.75, 3.05) is 5.32 Å². The Kier molecular flexibility index (Phi) is 4.88. The van der Waals surface area contributed by atoms with E-state index < -0.39 is 0 Å². The predicted molar refractivity (Wildman–Crippen MR) is 89.3 cm³/mol. The van der Waals surface area contributed by atoms with Crippen LogP contribution in [0.4, 0.5) is 5.69 Å². The van der Waals surface area contributed by atoms with Gasteiger partial charge in [-0.2, -0.15) is 0 Å². The summed E-state index contributed by atoms with van der Waals surface area (Å²) in [6, 6.07) is 11.1. The van der Waals surface area contributed by atoms with Gasteiger partial charge in [0.05, 0.1) is 0 Å². The standard InChI is InChI=1S/C18H21N3O2/c19-17-6-1-3-13(17)11-18(22)21-14-4-2-5-16(12-14)23-15-7-9-20-10-8-15/h2,4-5,7-10,12-13,17H,1,3,6,11,19H2,(H,21,22)/t13-,17+/m0/s1. The van der Waals surface area contributed by atoms with Crippen molar-refractivity contribution in [3.05, 3.63) is 48.8 Å². The van der Waals surface area contributed by atoms with E-state index in [1.165, 1.54) is 0 Å². The molecule has 1 aliphatic rings. The van der Waals surface area contributed by atoms with Gasteiger partial charge in [0.1, 0.15) is 11.5 Å². The molecule has 0 unspecified atom stereocenters. The van der Waals surface area contributed by atoms with Crippen LogP contribution in [0.2, 0.25) is 0 Å². The molecule has 23 heavy (non-hydrogen) atoms. The van der Waals surface area contributed by atoms with Crippen LogP contribution >= 0.6 is 0 Å². The summed E-state index contributed by atoms with van der Waals surface area (Å²) in [6.45, 7) is 0. The number of ether oxygens (including phenoxy) is 1. The molecule has 3 N–H and O–H groups in total. The molecule has 1 heterocycles. The average Bonchev–Trinajstić information content (AvgIpc) is 2.93. The van der Waals surface area contributed by atoms with E-state index in [-0.39, 0.29) is 11.9 Å². The van der Waals surface area contributed by atoms with Crippen molar-refractivity contribution in [3.8, 4) is 11.5 Å². The molecule has 2 atom stereocenters. The van der Waals surface area contributed by atoms with Crippen LogP contribution in [0.15, 0.2) is 48.8 Å². The lowest BCUT2D eigenvalue weighted by Crippen LogP contribution is -2.28. The van der Waals surface area contributed by atoms with Crippen molar-refractivity contribution in [3.63, 3.8) is 0 Å². The van der Waals surface area contributed by atoms with Crippen molar-refractivity contribution in [1.29, 1.82) is 0 Å². The van der Waals surface area contributed by atoms with E-state index in [4.69, 9.17) is 10.5 Å². The van der Waals surface area contributed by atoms with Gasteiger partial charge in [0, 0.05) is 36.6 Å². The van der Waals surface area contributed by atoms with Gasteiger partial charge in [-0.3, -0.25) is 9.78 Å². The Balaban J connectivity index is 1.60. The molecule has 0 aliphatic heterocycles. The second-order valence-electron chi connectivity index (χ2n) is 5.92. The number of hydrogen-bond acceptors (Lipinski definition) is 4. The second-order valence-corrected chi connectivity index (χ2v) is 5.92. The van der Waals surface area contributed by atoms with Crippen LogP contribution in [0, 0.1) is 5.92 Å². The molecule has 0 radical (unpaired) electrons. The minimum atomic E-state index is 0.00779. The van der Waals surface area contributed by atoms with E-state index >= 15 is 0 Å². The smallest absolute Gasteiger partial charge is 0.224 e. The molecule has 1 saturated carbocycles. The monoisotopic (exact) mass is 311 g/mol. The van der Waals surface area contributed by atoms with Crippen LogP contribution in [-0.4, -0.2) is 16.9 Å². The average molecular weight is 311 g/mol. The molecule has 2 aromatic rings. The van der Waals surface area contributed by atoms with E-state index in [1.807, 2.05) is 24.3 Å². The van der Waals surface area contributed by atoms with Crippen molar-refractivity contribution in [2.45, 2.75) is 31.7 Å². The molecular formula is C18H21N3O2. The summed E-state index contributed by atoms with van der Waals surface area (Å²) in [6.07, 6.45) is 7.01. The lowest BCUT2D eigenvalue weighted by Gasteiger charge is -2.15. The van der Waals surface area contributed by atoms with Crippen LogP contribution in [0.3, 0.4) is 0 Å². The molecule has 0 spiro atoms. The van der Waals surface area contributed by atoms with E-state index in [2.05, 4.69) is 10.3 Å². The van der Waals surface area contributed by atoms with Gasteiger partial charge in [-0.25, -0.2) is 0 Å². The van der Waals surface area contributed by atoms with E-state index in [9.17, 15) is 4.79 Å².